The standard InChI is InChI=1S/C13H11Cl2NO2S/c1-8-7-19-13(12(8)15)10(14)6-9-4-2-3-5-11(9)16(17)18/h2-5,7,10H,6H2,1H3. The molecule has 0 saturated heterocycles. The molecule has 0 amide bonds. The van der Waals surface area contributed by atoms with Crippen LogP contribution in [0.5, 0.6) is 0 Å². The van der Waals surface area contributed by atoms with Gasteiger partial charge in [-0.3, -0.25) is 10.1 Å². The van der Waals surface area contributed by atoms with Crippen LogP contribution >= 0.6 is 34.5 Å². The molecular weight excluding hydrogens is 305 g/mol. The van der Waals surface area contributed by atoms with Gasteiger partial charge in [-0.15, -0.1) is 22.9 Å². The van der Waals surface area contributed by atoms with Gasteiger partial charge in [0.25, 0.3) is 5.69 Å². The topological polar surface area (TPSA) is 43.1 Å². The maximum absolute atomic E-state index is 10.9. The Morgan fingerprint density at radius 2 is 2.11 bits per heavy atom. The Balaban J connectivity index is 2.27. The Hall–Kier alpha value is -1.10. The largest absolute Gasteiger partial charge is 0.272 e. The molecule has 1 aromatic carbocycles. The summed E-state index contributed by atoms with van der Waals surface area (Å²) in [7, 11) is 0. The first-order chi connectivity index (χ1) is 9.00. The zero-order valence-corrected chi connectivity index (χ0v) is 12.4. The number of hydrogen-bond donors (Lipinski definition) is 0. The molecule has 0 N–H and O–H groups in total. The lowest BCUT2D eigenvalue weighted by molar-refractivity contribution is -0.385. The van der Waals surface area contributed by atoms with Crippen LogP contribution in [0.1, 0.15) is 21.4 Å². The summed E-state index contributed by atoms with van der Waals surface area (Å²) >= 11 is 14.0. The average molecular weight is 316 g/mol. The molecule has 100 valence electrons. The van der Waals surface area contributed by atoms with Crippen LogP contribution in [0.3, 0.4) is 0 Å². The van der Waals surface area contributed by atoms with Gasteiger partial charge < -0.3 is 0 Å². The zero-order valence-electron chi connectivity index (χ0n) is 10.1. The van der Waals surface area contributed by atoms with Crippen LogP contribution in [-0.2, 0) is 6.42 Å². The van der Waals surface area contributed by atoms with E-state index in [4.69, 9.17) is 23.2 Å². The van der Waals surface area contributed by atoms with E-state index in [9.17, 15) is 10.1 Å². The molecule has 1 heterocycles. The molecule has 0 aliphatic rings. The number of rotatable bonds is 4. The molecule has 6 heteroatoms. The van der Waals surface area contributed by atoms with Crippen molar-refractivity contribution < 1.29 is 4.92 Å². The molecular formula is C13H11Cl2NO2S. The summed E-state index contributed by atoms with van der Waals surface area (Å²) in [6.45, 7) is 1.91. The predicted molar refractivity (Wildman–Crippen MR) is 79.5 cm³/mol. The van der Waals surface area contributed by atoms with Gasteiger partial charge in [0.15, 0.2) is 0 Å². The minimum Gasteiger partial charge on any atom is -0.258 e. The van der Waals surface area contributed by atoms with Crippen LogP contribution < -0.4 is 0 Å². The van der Waals surface area contributed by atoms with Gasteiger partial charge >= 0.3 is 0 Å². The minimum atomic E-state index is -0.389. The van der Waals surface area contributed by atoms with E-state index in [1.54, 1.807) is 18.2 Å². The molecule has 1 atom stereocenters. The molecule has 0 fully saturated rings. The fraction of sp³-hybridized carbons (Fsp3) is 0.231. The second-order valence-corrected chi connectivity index (χ2v) is 5.97. The fourth-order valence-electron chi connectivity index (χ4n) is 1.81. The van der Waals surface area contributed by atoms with Gasteiger partial charge in [0.05, 0.1) is 15.3 Å². The molecule has 3 nitrogen and oxygen atoms in total. The number of para-hydroxylation sites is 1. The van der Waals surface area contributed by atoms with Gasteiger partial charge in [-0.1, -0.05) is 29.8 Å². The summed E-state index contributed by atoms with van der Waals surface area (Å²) in [6.07, 6.45) is 0.387. The molecule has 19 heavy (non-hydrogen) atoms. The van der Waals surface area contributed by atoms with E-state index in [1.807, 2.05) is 12.3 Å². The summed E-state index contributed by atoms with van der Waals surface area (Å²) in [5, 5.41) is 13.2. The van der Waals surface area contributed by atoms with E-state index in [0.717, 1.165) is 10.4 Å². The van der Waals surface area contributed by atoms with Gasteiger partial charge in [0.2, 0.25) is 0 Å². The summed E-state index contributed by atoms with van der Waals surface area (Å²) < 4.78 is 0. The zero-order chi connectivity index (χ0) is 14.0. The van der Waals surface area contributed by atoms with E-state index in [2.05, 4.69) is 0 Å². The number of thiophene rings is 1. The molecule has 0 aliphatic heterocycles. The number of alkyl halides is 1. The van der Waals surface area contributed by atoms with Gasteiger partial charge in [0, 0.05) is 22.9 Å². The molecule has 2 aromatic rings. The lowest BCUT2D eigenvalue weighted by atomic mass is 10.1. The quantitative estimate of drug-likeness (QED) is 0.445. The van der Waals surface area contributed by atoms with E-state index >= 15 is 0 Å². The van der Waals surface area contributed by atoms with Crippen LogP contribution in [0.25, 0.3) is 0 Å². The van der Waals surface area contributed by atoms with Crippen molar-refractivity contribution in [2.45, 2.75) is 18.7 Å². The first-order valence-corrected chi connectivity index (χ1v) is 7.30. The van der Waals surface area contributed by atoms with Gasteiger partial charge in [0.1, 0.15) is 0 Å². The van der Waals surface area contributed by atoms with Crippen molar-refractivity contribution in [2.24, 2.45) is 0 Å². The minimum absolute atomic E-state index is 0.0950. The maximum Gasteiger partial charge on any atom is 0.272 e. The Morgan fingerprint density at radius 1 is 1.42 bits per heavy atom. The number of nitro groups is 1. The third kappa shape index (κ3) is 3.08. The molecule has 0 spiro atoms. The van der Waals surface area contributed by atoms with E-state index < -0.39 is 0 Å². The summed E-state index contributed by atoms with van der Waals surface area (Å²) in [5.74, 6) is 0. The first-order valence-electron chi connectivity index (χ1n) is 5.60. The third-order valence-corrected chi connectivity index (χ3v) is 5.13. The Bertz CT molecular complexity index is 612. The number of benzene rings is 1. The number of nitrogens with zero attached hydrogens (tertiary/aromatic N) is 1. The van der Waals surface area contributed by atoms with Gasteiger partial charge in [-0.25, -0.2) is 0 Å². The monoisotopic (exact) mass is 315 g/mol. The number of nitro benzene ring substituents is 1. The molecule has 0 bridgehead atoms. The highest BCUT2D eigenvalue weighted by Gasteiger charge is 2.20. The second-order valence-electron chi connectivity index (χ2n) is 4.15. The Kier molecular flexibility index (Phi) is 4.45. The van der Waals surface area contributed by atoms with Crippen LogP contribution in [0.4, 0.5) is 5.69 Å². The van der Waals surface area contributed by atoms with Crippen molar-refractivity contribution in [2.75, 3.05) is 0 Å². The average Bonchev–Trinajstić information content (AvgIpc) is 2.70. The van der Waals surface area contributed by atoms with Crippen molar-refractivity contribution in [3.05, 3.63) is 60.8 Å². The van der Waals surface area contributed by atoms with E-state index in [1.165, 1.54) is 17.4 Å². The molecule has 1 aromatic heterocycles. The van der Waals surface area contributed by atoms with Crippen molar-refractivity contribution in [1.82, 2.24) is 0 Å². The van der Waals surface area contributed by atoms with Gasteiger partial charge in [-0.2, -0.15) is 0 Å². The highest BCUT2D eigenvalue weighted by Crippen LogP contribution is 2.38. The van der Waals surface area contributed by atoms with Crippen molar-refractivity contribution >= 4 is 40.2 Å². The fourth-order valence-corrected chi connectivity index (χ4v) is 3.60. The summed E-state index contributed by atoms with van der Waals surface area (Å²) in [6, 6.07) is 6.63. The Morgan fingerprint density at radius 3 is 2.68 bits per heavy atom. The molecule has 1 unspecified atom stereocenters. The third-order valence-electron chi connectivity index (χ3n) is 2.80. The van der Waals surface area contributed by atoms with Crippen LogP contribution in [0.2, 0.25) is 5.02 Å². The number of halogens is 2. The highest BCUT2D eigenvalue weighted by molar-refractivity contribution is 7.11. The Labute approximate surface area is 124 Å². The normalized spacial score (nSPS) is 12.4. The molecule has 0 radical (unpaired) electrons. The summed E-state index contributed by atoms with van der Waals surface area (Å²) in [4.78, 5) is 11.4. The van der Waals surface area contributed by atoms with Crippen molar-refractivity contribution in [3.63, 3.8) is 0 Å². The molecule has 0 aliphatic carbocycles. The first kappa shape index (κ1) is 14.3. The lowest BCUT2D eigenvalue weighted by Gasteiger charge is -2.09. The highest BCUT2D eigenvalue weighted by atomic mass is 35.5. The molecule has 2 rings (SSSR count). The van der Waals surface area contributed by atoms with Crippen molar-refractivity contribution in [1.29, 1.82) is 0 Å². The van der Waals surface area contributed by atoms with Crippen LogP contribution in [0.15, 0.2) is 29.6 Å². The van der Waals surface area contributed by atoms with Crippen LogP contribution in [0, 0.1) is 17.0 Å². The smallest absolute Gasteiger partial charge is 0.258 e. The number of hydrogen-bond acceptors (Lipinski definition) is 3. The maximum atomic E-state index is 10.9. The van der Waals surface area contributed by atoms with Crippen molar-refractivity contribution in [3.8, 4) is 0 Å². The van der Waals surface area contributed by atoms with Crippen LogP contribution in [-0.4, -0.2) is 4.92 Å². The lowest BCUT2D eigenvalue weighted by Crippen LogP contribution is -1.99. The van der Waals surface area contributed by atoms with Gasteiger partial charge in [-0.05, 0) is 17.9 Å². The SMILES string of the molecule is Cc1csc(C(Cl)Cc2ccccc2[N+](=O)[O-])c1Cl. The molecule has 0 saturated carbocycles. The summed E-state index contributed by atoms with van der Waals surface area (Å²) in [5.41, 5.74) is 1.70. The predicted octanol–water partition coefficient (Wildman–Crippen LogP) is 5.14. The number of aryl methyl sites for hydroxylation is 1. The van der Waals surface area contributed by atoms with E-state index in [-0.39, 0.29) is 16.0 Å². The van der Waals surface area contributed by atoms with E-state index in [0.29, 0.717) is 17.0 Å². The second kappa shape index (κ2) is 5.90.